The Morgan fingerprint density at radius 3 is 2.77 bits per heavy atom. The topological polar surface area (TPSA) is 82.5 Å². The van der Waals surface area contributed by atoms with Gasteiger partial charge in [-0.2, -0.15) is 0 Å². The first kappa shape index (κ1) is 19.2. The second kappa shape index (κ2) is 8.17. The Bertz CT molecular complexity index is 1240. The highest BCUT2D eigenvalue weighted by molar-refractivity contribution is 5.92. The molecule has 0 saturated carbocycles. The van der Waals surface area contributed by atoms with E-state index >= 15 is 0 Å². The second-order valence-corrected chi connectivity index (χ2v) is 7.14. The smallest absolute Gasteiger partial charge is 0.233 e. The molecule has 2 aromatic carbocycles. The highest BCUT2D eigenvalue weighted by Crippen LogP contribution is 2.36. The maximum atomic E-state index is 12.7. The number of ether oxygens (including phenoxy) is 3. The van der Waals surface area contributed by atoms with Gasteiger partial charge in [-0.25, -0.2) is 24.3 Å². The van der Waals surface area contributed by atoms with Crippen molar-refractivity contribution in [2.45, 2.75) is 12.5 Å². The van der Waals surface area contributed by atoms with E-state index in [9.17, 15) is 4.39 Å². The molecule has 1 saturated heterocycles. The van der Waals surface area contributed by atoms with Gasteiger partial charge in [-0.1, -0.05) is 12.1 Å². The fourth-order valence-electron chi connectivity index (χ4n) is 3.82. The van der Waals surface area contributed by atoms with Gasteiger partial charge in [0.15, 0.2) is 11.5 Å². The predicted molar refractivity (Wildman–Crippen MR) is 113 cm³/mol. The van der Waals surface area contributed by atoms with E-state index in [1.54, 1.807) is 18.3 Å². The van der Waals surface area contributed by atoms with Crippen LogP contribution in [0.1, 0.15) is 6.42 Å². The highest BCUT2D eigenvalue weighted by Gasteiger charge is 2.27. The number of para-hydroxylation sites is 2. The molecular formula is C22H20FN5O3. The van der Waals surface area contributed by atoms with Crippen molar-refractivity contribution >= 4 is 27.8 Å². The number of alkyl halides is 1. The molecule has 0 radical (unpaired) electrons. The highest BCUT2D eigenvalue weighted by atomic mass is 19.1. The number of halogens is 1. The molecule has 4 aromatic rings. The predicted octanol–water partition coefficient (Wildman–Crippen LogP) is 3.55. The quantitative estimate of drug-likeness (QED) is 0.468. The number of anilines is 1. The van der Waals surface area contributed by atoms with E-state index in [0.717, 1.165) is 35.2 Å². The second-order valence-electron chi connectivity index (χ2n) is 7.14. The Kier molecular flexibility index (Phi) is 5.07. The third kappa shape index (κ3) is 3.74. The summed E-state index contributed by atoms with van der Waals surface area (Å²) in [7, 11) is 1.51. The first-order chi connectivity index (χ1) is 15.2. The van der Waals surface area contributed by atoms with Crippen molar-refractivity contribution < 1.29 is 18.6 Å². The number of aromatic nitrogens is 4. The summed E-state index contributed by atoms with van der Waals surface area (Å²) in [6.45, 7) is 0.469. The Morgan fingerprint density at radius 1 is 1.06 bits per heavy atom. The SMILES string of the molecule is COc1cc2c(N3CCC(Oc4cnc5ccccc5n4)C3)ncnc2cc1OCF. The van der Waals surface area contributed by atoms with Crippen LogP contribution in [0.2, 0.25) is 0 Å². The zero-order valence-corrected chi connectivity index (χ0v) is 16.9. The fraction of sp³-hybridized carbons (Fsp3) is 0.273. The van der Waals surface area contributed by atoms with E-state index in [-0.39, 0.29) is 6.10 Å². The van der Waals surface area contributed by atoms with Crippen LogP contribution >= 0.6 is 0 Å². The van der Waals surface area contributed by atoms with Crippen LogP contribution < -0.4 is 19.1 Å². The van der Waals surface area contributed by atoms with Crippen molar-refractivity contribution in [3.05, 3.63) is 48.9 Å². The lowest BCUT2D eigenvalue weighted by molar-refractivity contribution is 0.185. The van der Waals surface area contributed by atoms with Crippen molar-refractivity contribution in [2.24, 2.45) is 0 Å². The Morgan fingerprint density at radius 2 is 1.94 bits per heavy atom. The molecule has 0 bridgehead atoms. The average molecular weight is 421 g/mol. The summed E-state index contributed by atoms with van der Waals surface area (Å²) >= 11 is 0. The minimum atomic E-state index is -0.942. The van der Waals surface area contributed by atoms with Crippen LogP contribution in [-0.2, 0) is 0 Å². The van der Waals surface area contributed by atoms with Gasteiger partial charge in [0.25, 0.3) is 0 Å². The van der Waals surface area contributed by atoms with E-state index in [2.05, 4.69) is 24.8 Å². The average Bonchev–Trinajstić information content (AvgIpc) is 3.26. The molecular weight excluding hydrogens is 401 g/mol. The van der Waals surface area contributed by atoms with E-state index in [4.69, 9.17) is 14.2 Å². The molecule has 3 heterocycles. The molecule has 1 unspecified atom stereocenters. The number of rotatable bonds is 6. The van der Waals surface area contributed by atoms with Gasteiger partial charge in [-0.05, 0) is 18.2 Å². The lowest BCUT2D eigenvalue weighted by atomic mass is 10.2. The van der Waals surface area contributed by atoms with Gasteiger partial charge in [-0.3, -0.25) is 0 Å². The standard InChI is InChI=1S/C22H20FN5O3/c1-29-19-8-15-18(9-20(19)30-12-23)25-13-26-22(15)28-7-6-14(11-28)31-21-10-24-16-4-2-3-5-17(16)27-21/h2-5,8-10,13-14H,6-7,11-12H2,1H3. The first-order valence-electron chi connectivity index (χ1n) is 9.90. The molecule has 2 aromatic heterocycles. The fourth-order valence-corrected chi connectivity index (χ4v) is 3.82. The Balaban J connectivity index is 1.38. The van der Waals surface area contributed by atoms with Crippen molar-refractivity contribution in [2.75, 3.05) is 32.0 Å². The van der Waals surface area contributed by atoms with Crippen LogP contribution in [0.25, 0.3) is 21.9 Å². The molecule has 0 N–H and O–H groups in total. The normalized spacial score (nSPS) is 16.1. The van der Waals surface area contributed by atoms with Gasteiger partial charge >= 0.3 is 0 Å². The van der Waals surface area contributed by atoms with Crippen LogP contribution in [0.15, 0.2) is 48.9 Å². The first-order valence-corrected chi connectivity index (χ1v) is 9.90. The van der Waals surface area contributed by atoms with E-state index in [0.29, 0.717) is 29.4 Å². The lowest BCUT2D eigenvalue weighted by Gasteiger charge is -2.20. The third-order valence-electron chi connectivity index (χ3n) is 5.27. The monoisotopic (exact) mass is 421 g/mol. The molecule has 158 valence electrons. The van der Waals surface area contributed by atoms with Gasteiger partial charge < -0.3 is 19.1 Å². The summed E-state index contributed by atoms with van der Waals surface area (Å²) in [4.78, 5) is 19.9. The molecule has 0 aliphatic carbocycles. The summed E-state index contributed by atoms with van der Waals surface area (Å²) in [5.74, 6) is 2.01. The molecule has 1 fully saturated rings. The van der Waals surface area contributed by atoms with E-state index in [1.807, 2.05) is 24.3 Å². The Labute approximate surface area is 177 Å². The van der Waals surface area contributed by atoms with E-state index in [1.165, 1.54) is 13.4 Å². The molecule has 0 spiro atoms. The number of fused-ring (bicyclic) bond motifs is 2. The lowest BCUT2D eigenvalue weighted by Crippen LogP contribution is -2.25. The van der Waals surface area contributed by atoms with Crippen molar-refractivity contribution in [3.63, 3.8) is 0 Å². The number of hydrogen-bond donors (Lipinski definition) is 0. The summed E-state index contributed by atoms with van der Waals surface area (Å²) in [6.07, 6.45) is 3.92. The van der Waals surface area contributed by atoms with E-state index < -0.39 is 6.86 Å². The maximum Gasteiger partial charge on any atom is 0.233 e. The molecule has 1 aliphatic heterocycles. The summed E-state index contributed by atoms with van der Waals surface area (Å²) in [6, 6.07) is 11.1. The summed E-state index contributed by atoms with van der Waals surface area (Å²) < 4.78 is 29.2. The maximum absolute atomic E-state index is 12.7. The summed E-state index contributed by atoms with van der Waals surface area (Å²) in [5, 5.41) is 0.803. The molecule has 0 amide bonds. The molecule has 9 heteroatoms. The number of methoxy groups -OCH3 is 1. The largest absolute Gasteiger partial charge is 0.493 e. The van der Waals surface area contributed by atoms with Gasteiger partial charge in [0.1, 0.15) is 18.2 Å². The van der Waals surface area contributed by atoms with Crippen LogP contribution in [0.4, 0.5) is 10.2 Å². The van der Waals surface area contributed by atoms with Crippen molar-refractivity contribution in [3.8, 4) is 17.4 Å². The van der Waals surface area contributed by atoms with Gasteiger partial charge in [0, 0.05) is 24.4 Å². The van der Waals surface area contributed by atoms with Crippen LogP contribution in [0, 0.1) is 0 Å². The van der Waals surface area contributed by atoms with Gasteiger partial charge in [-0.15, -0.1) is 0 Å². The Hall–Kier alpha value is -3.75. The number of hydrogen-bond acceptors (Lipinski definition) is 8. The number of benzene rings is 2. The molecule has 31 heavy (non-hydrogen) atoms. The third-order valence-corrected chi connectivity index (χ3v) is 5.27. The minimum Gasteiger partial charge on any atom is -0.493 e. The zero-order chi connectivity index (χ0) is 21.2. The van der Waals surface area contributed by atoms with Crippen LogP contribution in [0.5, 0.6) is 17.4 Å². The van der Waals surface area contributed by atoms with Crippen molar-refractivity contribution in [1.29, 1.82) is 0 Å². The van der Waals surface area contributed by atoms with Crippen LogP contribution in [-0.4, -0.2) is 53.1 Å². The van der Waals surface area contributed by atoms with Crippen molar-refractivity contribution in [1.82, 2.24) is 19.9 Å². The van der Waals surface area contributed by atoms with Crippen LogP contribution in [0.3, 0.4) is 0 Å². The molecule has 8 nitrogen and oxygen atoms in total. The summed E-state index contributed by atoms with van der Waals surface area (Å²) in [5.41, 5.74) is 2.29. The zero-order valence-electron chi connectivity index (χ0n) is 16.9. The number of nitrogens with zero attached hydrogens (tertiary/aromatic N) is 5. The minimum absolute atomic E-state index is 0.0449. The molecule has 5 rings (SSSR count). The van der Waals surface area contributed by atoms with Gasteiger partial charge in [0.2, 0.25) is 12.7 Å². The molecule has 1 atom stereocenters. The molecule has 1 aliphatic rings. The van der Waals surface area contributed by atoms with Gasteiger partial charge in [0.05, 0.1) is 36.4 Å².